The van der Waals surface area contributed by atoms with Crippen LogP contribution in [0.2, 0.25) is 0 Å². The van der Waals surface area contributed by atoms with Crippen LogP contribution >= 0.6 is 0 Å². The van der Waals surface area contributed by atoms with Crippen molar-refractivity contribution < 1.29 is 19.1 Å². The standard InChI is InChI=1S/C33H32N4O4/c1-37-27-17-20(8-12-28(38)39)7-11-25(27)35-32(37)33(14-4-15-33)36-31(40)22-9-10-24-26(18-22)34-30(23-13-16-41-19-23)29(24)21-5-2-3-6-21/h7-13,16-19,21,34H,2-6,14-15H2,1H3,(H,36,40)(H,38,39)/b12-8+. The molecule has 2 aliphatic carbocycles. The number of benzene rings is 2. The molecule has 0 aliphatic heterocycles. The van der Waals surface area contributed by atoms with E-state index in [0.29, 0.717) is 11.5 Å². The van der Waals surface area contributed by atoms with Crippen molar-refractivity contribution in [3.05, 3.63) is 83.6 Å². The van der Waals surface area contributed by atoms with E-state index < -0.39 is 11.5 Å². The van der Waals surface area contributed by atoms with Gasteiger partial charge in [0, 0.05) is 35.2 Å². The van der Waals surface area contributed by atoms with Crippen molar-refractivity contribution in [2.24, 2.45) is 7.05 Å². The van der Waals surface area contributed by atoms with Crippen LogP contribution in [0.25, 0.3) is 39.3 Å². The fourth-order valence-corrected chi connectivity index (χ4v) is 6.76. The van der Waals surface area contributed by atoms with Crippen molar-refractivity contribution in [3.63, 3.8) is 0 Å². The van der Waals surface area contributed by atoms with Crippen LogP contribution in [0, 0.1) is 0 Å². The molecule has 8 heteroatoms. The second-order valence-corrected chi connectivity index (χ2v) is 11.5. The SMILES string of the molecule is Cn1c(C2(NC(=O)c3ccc4c(C5CCCC5)c(-c5ccoc5)[nH]c4c3)CCC2)nc2ccc(/C=C/C(=O)O)cc21. The topological polar surface area (TPSA) is 113 Å². The molecule has 0 saturated heterocycles. The van der Waals surface area contributed by atoms with Gasteiger partial charge in [-0.1, -0.05) is 25.0 Å². The first-order valence-electron chi connectivity index (χ1n) is 14.3. The van der Waals surface area contributed by atoms with Gasteiger partial charge in [-0.25, -0.2) is 9.78 Å². The van der Waals surface area contributed by atoms with Crippen LogP contribution in [0.3, 0.4) is 0 Å². The normalized spacial score (nSPS) is 17.0. The molecule has 1 amide bonds. The first-order chi connectivity index (χ1) is 19.9. The number of amides is 1. The molecule has 2 aromatic carbocycles. The Bertz CT molecular complexity index is 1810. The maximum absolute atomic E-state index is 13.7. The predicted octanol–water partition coefficient (Wildman–Crippen LogP) is 6.88. The zero-order valence-electron chi connectivity index (χ0n) is 22.9. The second-order valence-electron chi connectivity index (χ2n) is 11.5. The van der Waals surface area contributed by atoms with Gasteiger partial charge in [-0.3, -0.25) is 4.79 Å². The molecular weight excluding hydrogens is 516 g/mol. The Morgan fingerprint density at radius 1 is 1.12 bits per heavy atom. The maximum atomic E-state index is 13.7. The molecular formula is C33H32N4O4. The van der Waals surface area contributed by atoms with Crippen molar-refractivity contribution in [3.8, 4) is 11.3 Å². The Labute approximate surface area is 237 Å². The van der Waals surface area contributed by atoms with E-state index in [4.69, 9.17) is 14.5 Å². The van der Waals surface area contributed by atoms with E-state index in [0.717, 1.165) is 64.5 Å². The number of furan rings is 1. The number of carboxylic acid groups (broad SMARTS) is 1. The molecule has 0 radical (unpaired) electrons. The molecule has 2 saturated carbocycles. The Morgan fingerprint density at radius 3 is 2.66 bits per heavy atom. The van der Waals surface area contributed by atoms with Gasteiger partial charge in [-0.15, -0.1) is 0 Å². The molecule has 41 heavy (non-hydrogen) atoms. The van der Waals surface area contributed by atoms with Crippen LogP contribution in [-0.4, -0.2) is 31.5 Å². The second kappa shape index (κ2) is 9.80. The molecule has 3 heterocycles. The predicted molar refractivity (Wildman–Crippen MR) is 158 cm³/mol. The Kier molecular flexibility index (Phi) is 6.07. The number of nitrogens with one attached hydrogen (secondary N) is 2. The minimum absolute atomic E-state index is 0.120. The average Bonchev–Trinajstić information content (AvgIpc) is 3.75. The summed E-state index contributed by atoms with van der Waals surface area (Å²) in [7, 11) is 1.95. The minimum atomic E-state index is -0.989. The number of aromatic amines is 1. The molecule has 2 fully saturated rings. The van der Waals surface area contributed by atoms with E-state index in [1.807, 2.05) is 48.0 Å². The van der Waals surface area contributed by atoms with Gasteiger partial charge in [-0.05, 0) is 85.6 Å². The van der Waals surface area contributed by atoms with Gasteiger partial charge in [0.1, 0.15) is 5.82 Å². The molecule has 0 atom stereocenters. The molecule has 0 bridgehead atoms. The number of nitrogens with zero attached hydrogens (tertiary/aromatic N) is 2. The fourth-order valence-electron chi connectivity index (χ4n) is 6.76. The monoisotopic (exact) mass is 548 g/mol. The zero-order chi connectivity index (χ0) is 28.1. The number of hydrogen-bond acceptors (Lipinski definition) is 4. The summed E-state index contributed by atoms with van der Waals surface area (Å²) in [5.74, 6) is 0.213. The van der Waals surface area contributed by atoms with Crippen molar-refractivity contribution in [1.82, 2.24) is 19.9 Å². The van der Waals surface area contributed by atoms with Crippen LogP contribution in [0.4, 0.5) is 0 Å². The third-order valence-electron chi connectivity index (χ3n) is 8.99. The highest BCUT2D eigenvalue weighted by Gasteiger charge is 2.44. The lowest BCUT2D eigenvalue weighted by Gasteiger charge is -2.41. The van der Waals surface area contributed by atoms with Crippen molar-refractivity contribution >= 4 is 39.9 Å². The third-order valence-corrected chi connectivity index (χ3v) is 8.99. The Hall–Kier alpha value is -4.59. The summed E-state index contributed by atoms with van der Waals surface area (Å²) in [6, 6.07) is 13.7. The van der Waals surface area contributed by atoms with Crippen molar-refractivity contribution in [1.29, 1.82) is 0 Å². The highest BCUT2D eigenvalue weighted by molar-refractivity contribution is 6.00. The summed E-state index contributed by atoms with van der Waals surface area (Å²) in [5.41, 5.74) is 6.97. The highest BCUT2D eigenvalue weighted by Crippen LogP contribution is 2.44. The van der Waals surface area contributed by atoms with Gasteiger partial charge < -0.3 is 24.4 Å². The molecule has 5 aromatic rings. The molecule has 7 rings (SSSR count). The third kappa shape index (κ3) is 4.34. The fraction of sp³-hybridized carbons (Fsp3) is 0.303. The first-order valence-corrected chi connectivity index (χ1v) is 14.3. The summed E-state index contributed by atoms with van der Waals surface area (Å²) in [6.07, 6.45) is 13.6. The van der Waals surface area contributed by atoms with Crippen LogP contribution < -0.4 is 5.32 Å². The molecule has 3 N–H and O–H groups in total. The van der Waals surface area contributed by atoms with Crippen LogP contribution in [0.15, 0.2) is 65.5 Å². The summed E-state index contributed by atoms with van der Waals surface area (Å²) in [4.78, 5) is 33.2. The number of carboxylic acids is 1. The first kappa shape index (κ1) is 25.4. The number of aryl methyl sites for hydroxylation is 1. The highest BCUT2D eigenvalue weighted by atomic mass is 16.4. The summed E-state index contributed by atoms with van der Waals surface area (Å²) >= 11 is 0. The molecule has 208 valence electrons. The van der Waals surface area contributed by atoms with Crippen LogP contribution in [0.5, 0.6) is 0 Å². The molecule has 0 unspecified atom stereocenters. The maximum Gasteiger partial charge on any atom is 0.328 e. The van der Waals surface area contributed by atoms with Gasteiger partial charge in [0.05, 0.1) is 34.8 Å². The molecule has 8 nitrogen and oxygen atoms in total. The molecule has 2 aliphatic rings. The van der Waals surface area contributed by atoms with E-state index in [-0.39, 0.29) is 5.91 Å². The number of carbonyl (C=O) groups excluding carboxylic acids is 1. The number of fused-ring (bicyclic) bond motifs is 2. The number of rotatable bonds is 7. The number of aliphatic carboxylic acids is 1. The Morgan fingerprint density at radius 2 is 1.95 bits per heavy atom. The van der Waals surface area contributed by atoms with Gasteiger partial charge >= 0.3 is 5.97 Å². The minimum Gasteiger partial charge on any atom is -0.478 e. The summed E-state index contributed by atoms with van der Waals surface area (Å²) < 4.78 is 7.42. The van der Waals surface area contributed by atoms with Gasteiger partial charge in [0.25, 0.3) is 5.91 Å². The zero-order valence-corrected chi connectivity index (χ0v) is 22.9. The van der Waals surface area contributed by atoms with Crippen molar-refractivity contribution in [2.75, 3.05) is 0 Å². The number of H-pyrrole nitrogens is 1. The lowest BCUT2D eigenvalue weighted by atomic mass is 9.75. The number of imidazole rings is 1. The van der Waals surface area contributed by atoms with E-state index >= 15 is 0 Å². The quantitative estimate of drug-likeness (QED) is 0.192. The smallest absolute Gasteiger partial charge is 0.328 e. The van der Waals surface area contributed by atoms with E-state index in [1.165, 1.54) is 36.6 Å². The van der Waals surface area contributed by atoms with E-state index in [2.05, 4.69) is 16.4 Å². The van der Waals surface area contributed by atoms with Gasteiger partial charge in [-0.2, -0.15) is 0 Å². The average molecular weight is 549 g/mol. The van der Waals surface area contributed by atoms with Gasteiger partial charge in [0.2, 0.25) is 0 Å². The van der Waals surface area contributed by atoms with E-state index in [1.54, 1.807) is 18.6 Å². The van der Waals surface area contributed by atoms with Crippen molar-refractivity contribution in [2.45, 2.75) is 56.4 Å². The Balaban J connectivity index is 1.21. The van der Waals surface area contributed by atoms with E-state index in [9.17, 15) is 9.59 Å². The molecule has 3 aromatic heterocycles. The van der Waals surface area contributed by atoms with Crippen LogP contribution in [-0.2, 0) is 17.4 Å². The summed E-state index contributed by atoms with van der Waals surface area (Å²) in [5, 5.41) is 13.5. The largest absolute Gasteiger partial charge is 0.478 e. The number of carbonyl (C=O) groups is 2. The van der Waals surface area contributed by atoms with Gasteiger partial charge in [0.15, 0.2) is 0 Å². The number of aromatic nitrogens is 3. The van der Waals surface area contributed by atoms with Crippen LogP contribution in [0.1, 0.15) is 78.2 Å². The lowest BCUT2D eigenvalue weighted by molar-refractivity contribution is -0.131. The summed E-state index contributed by atoms with van der Waals surface area (Å²) in [6.45, 7) is 0. The number of hydrogen-bond donors (Lipinski definition) is 3. The lowest BCUT2D eigenvalue weighted by Crippen LogP contribution is -2.52. The molecule has 0 spiro atoms.